The number of esters is 1. The van der Waals surface area contributed by atoms with Crippen molar-refractivity contribution in [1.29, 1.82) is 0 Å². The zero-order valence-electron chi connectivity index (χ0n) is 6.54. The van der Waals surface area contributed by atoms with Crippen LogP contribution in [-0.4, -0.2) is 23.7 Å². The standard InChI is InChI=1S/C7H9ClO4/c1-2-3-12-7(11)5(8)4-6(9)10/h4H,2-3H2,1H3,(H,9,10)/b5-4-. The number of carboxylic acid groups (broad SMARTS) is 1. The Bertz CT molecular complexity index is 209. The van der Waals surface area contributed by atoms with Crippen molar-refractivity contribution in [3.8, 4) is 0 Å². The minimum Gasteiger partial charge on any atom is -0.478 e. The van der Waals surface area contributed by atoms with Gasteiger partial charge in [-0.25, -0.2) is 9.59 Å². The maximum Gasteiger partial charge on any atom is 0.350 e. The summed E-state index contributed by atoms with van der Waals surface area (Å²) >= 11 is 5.27. The lowest BCUT2D eigenvalue weighted by molar-refractivity contribution is -0.139. The molecule has 0 aliphatic heterocycles. The molecule has 0 unspecified atom stereocenters. The third-order valence-electron chi connectivity index (χ3n) is 0.882. The van der Waals surface area contributed by atoms with Crippen molar-refractivity contribution >= 4 is 23.5 Å². The number of aliphatic carboxylic acids is 1. The lowest BCUT2D eigenvalue weighted by Gasteiger charge is -1.99. The van der Waals surface area contributed by atoms with Gasteiger partial charge >= 0.3 is 11.9 Å². The van der Waals surface area contributed by atoms with Crippen molar-refractivity contribution < 1.29 is 19.4 Å². The molecular formula is C7H9ClO4. The van der Waals surface area contributed by atoms with Gasteiger partial charge in [0.25, 0.3) is 0 Å². The Morgan fingerprint density at radius 2 is 2.17 bits per heavy atom. The molecule has 0 rings (SSSR count). The first-order valence-corrected chi connectivity index (χ1v) is 3.73. The number of carboxylic acids is 1. The van der Waals surface area contributed by atoms with E-state index in [0.717, 1.165) is 0 Å². The minimum absolute atomic E-state index is 0.239. The number of hydrogen-bond donors (Lipinski definition) is 1. The minimum atomic E-state index is -1.27. The predicted molar refractivity (Wildman–Crippen MR) is 42.8 cm³/mol. The highest BCUT2D eigenvalue weighted by molar-refractivity contribution is 6.42. The third kappa shape index (κ3) is 4.73. The number of ether oxygens (including phenoxy) is 1. The Labute approximate surface area is 74.8 Å². The molecule has 0 aliphatic rings. The number of rotatable bonds is 4. The SMILES string of the molecule is CCCOC(=O)/C(Cl)=C/C(=O)O. The van der Waals surface area contributed by atoms with E-state index in [0.29, 0.717) is 12.5 Å². The molecule has 0 radical (unpaired) electrons. The van der Waals surface area contributed by atoms with Crippen molar-refractivity contribution in [2.75, 3.05) is 6.61 Å². The van der Waals surface area contributed by atoms with E-state index in [1.54, 1.807) is 0 Å². The molecule has 0 spiro atoms. The van der Waals surface area contributed by atoms with Crippen LogP contribution >= 0.6 is 11.6 Å². The highest BCUT2D eigenvalue weighted by atomic mass is 35.5. The van der Waals surface area contributed by atoms with Crippen LogP contribution in [0.15, 0.2) is 11.1 Å². The van der Waals surface area contributed by atoms with Gasteiger partial charge in [-0.1, -0.05) is 18.5 Å². The van der Waals surface area contributed by atoms with Crippen molar-refractivity contribution in [3.05, 3.63) is 11.1 Å². The van der Waals surface area contributed by atoms with Crippen LogP contribution in [0.5, 0.6) is 0 Å². The van der Waals surface area contributed by atoms with Crippen molar-refractivity contribution in [1.82, 2.24) is 0 Å². The lowest BCUT2D eigenvalue weighted by atomic mass is 10.5. The van der Waals surface area contributed by atoms with Crippen LogP contribution in [0.25, 0.3) is 0 Å². The number of carbonyl (C=O) groups excluding carboxylic acids is 1. The fourth-order valence-electron chi connectivity index (χ4n) is 0.431. The van der Waals surface area contributed by atoms with Crippen LogP contribution in [0, 0.1) is 0 Å². The second-order valence-corrected chi connectivity index (χ2v) is 2.37. The molecule has 0 amide bonds. The van der Waals surface area contributed by atoms with Crippen LogP contribution in [0.1, 0.15) is 13.3 Å². The molecule has 0 fully saturated rings. The summed E-state index contributed by atoms with van der Waals surface area (Å²) in [6, 6.07) is 0. The van der Waals surface area contributed by atoms with Crippen LogP contribution in [0.2, 0.25) is 0 Å². The predicted octanol–water partition coefficient (Wildman–Crippen LogP) is 1.15. The monoisotopic (exact) mass is 192 g/mol. The maximum absolute atomic E-state index is 10.8. The van der Waals surface area contributed by atoms with Gasteiger partial charge in [-0.05, 0) is 6.42 Å². The molecule has 0 saturated carbocycles. The van der Waals surface area contributed by atoms with Crippen molar-refractivity contribution in [2.24, 2.45) is 0 Å². The van der Waals surface area contributed by atoms with Crippen LogP contribution in [0.4, 0.5) is 0 Å². The molecule has 0 atom stereocenters. The number of hydrogen-bond acceptors (Lipinski definition) is 3. The Hall–Kier alpha value is -1.03. The van der Waals surface area contributed by atoms with Crippen molar-refractivity contribution in [3.63, 3.8) is 0 Å². The van der Waals surface area contributed by atoms with Crippen LogP contribution in [0.3, 0.4) is 0 Å². The van der Waals surface area contributed by atoms with E-state index in [1.165, 1.54) is 0 Å². The molecule has 0 saturated heterocycles. The second kappa shape index (κ2) is 5.60. The van der Waals surface area contributed by atoms with E-state index in [1.807, 2.05) is 6.92 Å². The van der Waals surface area contributed by atoms with Gasteiger partial charge < -0.3 is 9.84 Å². The van der Waals surface area contributed by atoms with Gasteiger partial charge in [-0.15, -0.1) is 0 Å². The van der Waals surface area contributed by atoms with E-state index in [9.17, 15) is 9.59 Å². The largest absolute Gasteiger partial charge is 0.478 e. The summed E-state index contributed by atoms with van der Waals surface area (Å²) in [6.45, 7) is 2.06. The summed E-state index contributed by atoms with van der Waals surface area (Å²) in [4.78, 5) is 20.8. The van der Waals surface area contributed by atoms with Gasteiger partial charge in [0, 0.05) is 6.08 Å². The molecule has 12 heavy (non-hydrogen) atoms. The molecular weight excluding hydrogens is 184 g/mol. The molecule has 0 heterocycles. The quantitative estimate of drug-likeness (QED) is 0.536. The molecule has 0 bridgehead atoms. The first kappa shape index (κ1) is 11.0. The molecule has 5 heteroatoms. The van der Waals surface area contributed by atoms with E-state index < -0.39 is 17.0 Å². The molecule has 1 N–H and O–H groups in total. The molecule has 4 nitrogen and oxygen atoms in total. The van der Waals surface area contributed by atoms with Gasteiger partial charge in [-0.2, -0.15) is 0 Å². The summed E-state index contributed by atoms with van der Waals surface area (Å²) in [5, 5.41) is 7.77. The normalized spacial score (nSPS) is 11.0. The third-order valence-corrected chi connectivity index (χ3v) is 1.15. The lowest BCUT2D eigenvalue weighted by Crippen LogP contribution is -2.06. The first-order chi connectivity index (χ1) is 5.57. The Morgan fingerprint density at radius 3 is 2.58 bits per heavy atom. The first-order valence-electron chi connectivity index (χ1n) is 3.35. The zero-order chi connectivity index (χ0) is 9.56. The second-order valence-electron chi connectivity index (χ2n) is 1.97. The zero-order valence-corrected chi connectivity index (χ0v) is 7.30. The Balaban J connectivity index is 4.01. The summed E-state index contributed by atoms with van der Waals surface area (Å²) < 4.78 is 4.55. The van der Waals surface area contributed by atoms with Gasteiger partial charge in [0.2, 0.25) is 0 Å². The number of carbonyl (C=O) groups is 2. The van der Waals surface area contributed by atoms with Gasteiger partial charge in [-0.3, -0.25) is 0 Å². The number of halogens is 1. The van der Waals surface area contributed by atoms with Crippen molar-refractivity contribution in [2.45, 2.75) is 13.3 Å². The molecule has 0 aromatic heterocycles. The summed E-state index contributed by atoms with van der Waals surface area (Å²) in [5.41, 5.74) is 0. The summed E-state index contributed by atoms with van der Waals surface area (Å²) in [5.74, 6) is -2.07. The highest BCUT2D eigenvalue weighted by Crippen LogP contribution is 2.03. The van der Waals surface area contributed by atoms with Crippen LogP contribution in [-0.2, 0) is 14.3 Å². The average molecular weight is 193 g/mol. The average Bonchev–Trinajstić information content (AvgIpc) is 1.98. The molecule has 0 aliphatic carbocycles. The summed E-state index contributed by atoms with van der Waals surface area (Å²) in [7, 11) is 0. The Morgan fingerprint density at radius 1 is 1.58 bits per heavy atom. The van der Waals surface area contributed by atoms with Gasteiger partial charge in [0.1, 0.15) is 5.03 Å². The van der Waals surface area contributed by atoms with Gasteiger partial charge in [0.05, 0.1) is 6.61 Å². The highest BCUT2D eigenvalue weighted by Gasteiger charge is 2.08. The van der Waals surface area contributed by atoms with E-state index in [2.05, 4.69) is 4.74 Å². The van der Waals surface area contributed by atoms with Gasteiger partial charge in [0.15, 0.2) is 0 Å². The molecule has 0 aromatic carbocycles. The van der Waals surface area contributed by atoms with E-state index in [4.69, 9.17) is 16.7 Å². The van der Waals surface area contributed by atoms with Crippen LogP contribution < -0.4 is 0 Å². The van der Waals surface area contributed by atoms with E-state index in [-0.39, 0.29) is 6.61 Å². The fourth-order valence-corrected chi connectivity index (χ4v) is 0.579. The smallest absolute Gasteiger partial charge is 0.350 e. The molecule has 0 aromatic rings. The molecule has 68 valence electrons. The summed E-state index contributed by atoms with van der Waals surface area (Å²) in [6.07, 6.45) is 1.27. The topological polar surface area (TPSA) is 63.6 Å². The maximum atomic E-state index is 10.8. The Kier molecular flexibility index (Phi) is 5.12. The van der Waals surface area contributed by atoms with E-state index >= 15 is 0 Å². The fraction of sp³-hybridized carbons (Fsp3) is 0.429.